The number of aromatic nitrogens is 3. The number of aryl methyl sites for hydroxylation is 1. The Bertz CT molecular complexity index is 1640. The van der Waals surface area contributed by atoms with Gasteiger partial charge in [0.15, 0.2) is 5.16 Å². The first-order valence-electron chi connectivity index (χ1n) is 10.8. The number of hydrogen-bond donors (Lipinski definition) is 2. The van der Waals surface area contributed by atoms with E-state index in [-0.39, 0.29) is 17.2 Å². The molecule has 0 radical (unpaired) electrons. The smallest absolute Gasteiger partial charge is 0.283 e. The standard InChI is InChI=1S/C26H21FN4O3S/c1-15-10-11-21(34-2)20(12-15)31-25(33)24-23(18-8-3-4-9-19(18)29-24)30-26(31)35-14-22(32)28-17-7-5-6-16(27)13-17/h3-13,29H,14H2,1-2H3,(H,28,32). The summed E-state index contributed by atoms with van der Waals surface area (Å²) in [6.45, 7) is 1.92. The molecule has 0 unspecified atom stereocenters. The Hall–Kier alpha value is -4.11. The number of nitrogens with one attached hydrogen (secondary N) is 2. The van der Waals surface area contributed by atoms with Crippen molar-refractivity contribution < 1.29 is 13.9 Å². The maximum absolute atomic E-state index is 13.8. The van der Waals surface area contributed by atoms with Crippen LogP contribution in [0.3, 0.4) is 0 Å². The predicted molar refractivity (Wildman–Crippen MR) is 136 cm³/mol. The highest BCUT2D eigenvalue weighted by atomic mass is 32.2. The molecule has 176 valence electrons. The van der Waals surface area contributed by atoms with Crippen molar-refractivity contribution in [1.82, 2.24) is 14.5 Å². The molecular formula is C26H21FN4O3S. The quantitative estimate of drug-likeness (QED) is 0.258. The molecule has 3 aromatic carbocycles. The fourth-order valence-electron chi connectivity index (χ4n) is 3.92. The molecule has 0 aliphatic carbocycles. The van der Waals surface area contributed by atoms with Gasteiger partial charge in [0.05, 0.1) is 18.6 Å². The summed E-state index contributed by atoms with van der Waals surface area (Å²) < 4.78 is 20.5. The molecule has 2 N–H and O–H groups in total. The number of benzene rings is 3. The molecule has 2 heterocycles. The molecule has 9 heteroatoms. The van der Waals surface area contributed by atoms with Gasteiger partial charge in [0.25, 0.3) is 5.56 Å². The number of hydrogen-bond acceptors (Lipinski definition) is 5. The van der Waals surface area contributed by atoms with Crippen molar-refractivity contribution in [3.8, 4) is 11.4 Å². The highest BCUT2D eigenvalue weighted by Gasteiger charge is 2.20. The number of thioether (sulfide) groups is 1. The number of carbonyl (C=O) groups is 1. The van der Waals surface area contributed by atoms with E-state index >= 15 is 0 Å². The zero-order valence-corrected chi connectivity index (χ0v) is 19.8. The minimum absolute atomic E-state index is 0.0368. The van der Waals surface area contributed by atoms with Crippen molar-refractivity contribution in [3.63, 3.8) is 0 Å². The number of carbonyl (C=O) groups excluding carboxylic acids is 1. The maximum atomic E-state index is 13.8. The van der Waals surface area contributed by atoms with Crippen molar-refractivity contribution in [3.05, 3.63) is 88.5 Å². The largest absolute Gasteiger partial charge is 0.495 e. The van der Waals surface area contributed by atoms with E-state index in [1.54, 1.807) is 12.1 Å². The number of methoxy groups -OCH3 is 1. The van der Waals surface area contributed by atoms with E-state index in [0.717, 1.165) is 28.2 Å². The molecule has 0 saturated carbocycles. The van der Waals surface area contributed by atoms with Crippen LogP contribution in [0, 0.1) is 12.7 Å². The van der Waals surface area contributed by atoms with Crippen LogP contribution in [-0.2, 0) is 4.79 Å². The SMILES string of the molecule is COc1ccc(C)cc1-n1c(SCC(=O)Nc2cccc(F)c2)nc2c([nH]c3ccccc32)c1=O. The maximum Gasteiger partial charge on any atom is 0.283 e. The molecule has 1 amide bonds. The molecule has 0 aliphatic rings. The Balaban J connectivity index is 1.61. The van der Waals surface area contributed by atoms with Gasteiger partial charge in [-0.15, -0.1) is 0 Å². The molecule has 35 heavy (non-hydrogen) atoms. The van der Waals surface area contributed by atoms with Crippen LogP contribution < -0.4 is 15.6 Å². The van der Waals surface area contributed by atoms with Crippen molar-refractivity contribution in [2.24, 2.45) is 0 Å². The van der Waals surface area contributed by atoms with Gasteiger partial charge in [-0.2, -0.15) is 0 Å². The summed E-state index contributed by atoms with van der Waals surface area (Å²) in [5.41, 5.74) is 3.20. The summed E-state index contributed by atoms with van der Waals surface area (Å²) in [7, 11) is 1.54. The van der Waals surface area contributed by atoms with Gasteiger partial charge < -0.3 is 15.0 Å². The monoisotopic (exact) mass is 488 g/mol. The van der Waals surface area contributed by atoms with E-state index in [4.69, 9.17) is 9.72 Å². The number of fused-ring (bicyclic) bond motifs is 3. The second kappa shape index (κ2) is 9.27. The van der Waals surface area contributed by atoms with Gasteiger partial charge in [0, 0.05) is 16.6 Å². The first-order valence-corrected chi connectivity index (χ1v) is 11.8. The number of H-pyrrole nitrogens is 1. The second-order valence-corrected chi connectivity index (χ2v) is 8.89. The zero-order chi connectivity index (χ0) is 24.5. The van der Waals surface area contributed by atoms with E-state index in [0.29, 0.717) is 33.3 Å². The van der Waals surface area contributed by atoms with Crippen molar-refractivity contribution in [2.75, 3.05) is 18.2 Å². The van der Waals surface area contributed by atoms with Crippen LogP contribution in [0.1, 0.15) is 5.56 Å². The zero-order valence-electron chi connectivity index (χ0n) is 19.0. The first-order chi connectivity index (χ1) is 16.9. The summed E-state index contributed by atoms with van der Waals surface area (Å²) in [6.07, 6.45) is 0. The summed E-state index contributed by atoms with van der Waals surface area (Å²) >= 11 is 1.12. The van der Waals surface area contributed by atoms with E-state index in [2.05, 4.69) is 10.3 Å². The summed E-state index contributed by atoms with van der Waals surface area (Å²) in [4.78, 5) is 34.4. The fraction of sp³-hybridized carbons (Fsp3) is 0.115. The van der Waals surface area contributed by atoms with E-state index in [9.17, 15) is 14.0 Å². The molecule has 2 aromatic heterocycles. The first kappa shape index (κ1) is 22.7. The topological polar surface area (TPSA) is 89.0 Å². The molecule has 0 aliphatic heterocycles. The summed E-state index contributed by atoms with van der Waals surface area (Å²) in [6, 6.07) is 18.7. The van der Waals surface area contributed by atoms with Crippen LogP contribution in [0.15, 0.2) is 76.7 Å². The van der Waals surface area contributed by atoms with Crippen molar-refractivity contribution in [1.29, 1.82) is 0 Å². The van der Waals surface area contributed by atoms with Crippen LogP contribution in [0.4, 0.5) is 10.1 Å². The number of amides is 1. The third-order valence-corrected chi connectivity index (χ3v) is 6.45. The number of halogens is 1. The lowest BCUT2D eigenvalue weighted by atomic mass is 10.2. The Labute approximate surface area is 204 Å². The molecule has 0 bridgehead atoms. The normalized spacial score (nSPS) is 11.2. The van der Waals surface area contributed by atoms with Crippen LogP contribution in [0.5, 0.6) is 5.75 Å². The van der Waals surface area contributed by atoms with Gasteiger partial charge in [-0.3, -0.25) is 9.59 Å². The minimum Gasteiger partial charge on any atom is -0.495 e. The summed E-state index contributed by atoms with van der Waals surface area (Å²) in [5.74, 6) is -0.328. The number of anilines is 1. The molecule has 7 nitrogen and oxygen atoms in total. The van der Waals surface area contributed by atoms with E-state index < -0.39 is 5.82 Å². The van der Waals surface area contributed by atoms with Gasteiger partial charge in [0.2, 0.25) is 5.91 Å². The van der Waals surface area contributed by atoms with E-state index in [1.165, 1.54) is 29.9 Å². The lowest BCUT2D eigenvalue weighted by molar-refractivity contribution is -0.113. The number of rotatable bonds is 6. The minimum atomic E-state index is -0.442. The average Bonchev–Trinajstić information content (AvgIpc) is 3.22. The van der Waals surface area contributed by atoms with Gasteiger partial charge in [0.1, 0.15) is 22.6 Å². The Morgan fingerprint density at radius 1 is 1.14 bits per heavy atom. The fourth-order valence-corrected chi connectivity index (χ4v) is 4.72. The Morgan fingerprint density at radius 3 is 2.77 bits per heavy atom. The average molecular weight is 489 g/mol. The lowest BCUT2D eigenvalue weighted by Gasteiger charge is -2.15. The third-order valence-electron chi connectivity index (χ3n) is 5.51. The highest BCUT2D eigenvalue weighted by Crippen LogP contribution is 2.30. The van der Waals surface area contributed by atoms with Crippen LogP contribution >= 0.6 is 11.8 Å². The highest BCUT2D eigenvalue weighted by molar-refractivity contribution is 7.99. The van der Waals surface area contributed by atoms with Crippen molar-refractivity contribution >= 4 is 45.3 Å². The van der Waals surface area contributed by atoms with Crippen LogP contribution in [-0.4, -0.2) is 33.3 Å². The molecule has 0 spiro atoms. The van der Waals surface area contributed by atoms with Gasteiger partial charge >= 0.3 is 0 Å². The molecule has 5 aromatic rings. The Kier molecular flexibility index (Phi) is 6.00. The summed E-state index contributed by atoms with van der Waals surface area (Å²) in [5, 5.41) is 3.83. The lowest BCUT2D eigenvalue weighted by Crippen LogP contribution is -2.23. The molecule has 5 rings (SSSR count). The molecule has 0 atom stereocenters. The van der Waals surface area contributed by atoms with Crippen molar-refractivity contribution in [2.45, 2.75) is 12.1 Å². The molecule has 0 fully saturated rings. The van der Waals surface area contributed by atoms with Crippen LogP contribution in [0.25, 0.3) is 27.6 Å². The third kappa shape index (κ3) is 4.38. The number of ether oxygens (including phenoxy) is 1. The van der Waals surface area contributed by atoms with Gasteiger partial charge in [-0.05, 0) is 48.9 Å². The van der Waals surface area contributed by atoms with Gasteiger partial charge in [-0.1, -0.05) is 42.1 Å². The van der Waals surface area contributed by atoms with E-state index in [1.807, 2.05) is 43.3 Å². The van der Waals surface area contributed by atoms with Gasteiger partial charge in [-0.25, -0.2) is 13.9 Å². The Morgan fingerprint density at radius 2 is 1.97 bits per heavy atom. The molecular weight excluding hydrogens is 467 g/mol. The number of nitrogens with zero attached hydrogens (tertiary/aromatic N) is 2. The number of para-hydroxylation sites is 1. The second-order valence-electron chi connectivity index (χ2n) is 7.95. The van der Waals surface area contributed by atoms with Crippen LogP contribution in [0.2, 0.25) is 0 Å². The number of aromatic amines is 1. The molecule has 0 saturated heterocycles. The predicted octanol–water partition coefficient (Wildman–Crippen LogP) is 5.05.